The second kappa shape index (κ2) is 5.23. The second-order valence-corrected chi connectivity index (χ2v) is 2.97. The van der Waals surface area contributed by atoms with Gasteiger partial charge in [-0.05, 0) is 17.7 Å². The third-order valence-corrected chi connectivity index (χ3v) is 1.77. The van der Waals surface area contributed by atoms with Crippen LogP contribution in [0.25, 0.3) is 10.4 Å². The molecular weight excluding hydrogens is 222 g/mol. The Morgan fingerprint density at radius 1 is 1.40 bits per heavy atom. The molecule has 0 aliphatic carbocycles. The highest BCUT2D eigenvalue weighted by Crippen LogP contribution is 2.17. The van der Waals surface area contributed by atoms with Gasteiger partial charge in [-0.25, -0.2) is 8.78 Å². The smallest absolute Gasteiger partial charge is 0.288 e. The van der Waals surface area contributed by atoms with Crippen molar-refractivity contribution in [2.24, 2.45) is 5.11 Å². The van der Waals surface area contributed by atoms with Gasteiger partial charge in [0.05, 0.1) is 0 Å². The summed E-state index contributed by atoms with van der Waals surface area (Å²) in [6.45, 7) is 0. The fourth-order valence-corrected chi connectivity index (χ4v) is 0.978. The van der Waals surface area contributed by atoms with Gasteiger partial charge in [-0.1, -0.05) is 29.5 Å². The first-order chi connectivity index (χ1) is 7.13. The summed E-state index contributed by atoms with van der Waals surface area (Å²) in [4.78, 5) is 2.05. The van der Waals surface area contributed by atoms with E-state index in [-0.39, 0.29) is 0 Å². The Labute approximate surface area is 89.5 Å². The molecule has 7 heteroatoms. The molecule has 0 spiro atoms. The maximum Gasteiger partial charge on any atom is 0.288 e. The highest BCUT2D eigenvalue weighted by molar-refractivity contribution is 7.80. The van der Waals surface area contributed by atoms with Crippen LogP contribution in [-0.4, -0.2) is 11.4 Å². The molecule has 0 bridgehead atoms. The Bertz CT molecular complexity index is 398. The number of rotatable bonds is 3. The van der Waals surface area contributed by atoms with Gasteiger partial charge in [-0.15, -0.1) is 0 Å². The molecule has 1 aromatic carbocycles. The third kappa shape index (κ3) is 3.49. The zero-order valence-electron chi connectivity index (χ0n) is 7.39. The molecule has 15 heavy (non-hydrogen) atoms. The molecule has 78 valence electrons. The van der Waals surface area contributed by atoms with E-state index >= 15 is 0 Å². The van der Waals surface area contributed by atoms with Crippen molar-refractivity contribution >= 4 is 28.6 Å². The quantitative estimate of drug-likeness (QED) is 0.371. The highest BCUT2D eigenvalue weighted by atomic mass is 32.1. The van der Waals surface area contributed by atoms with Gasteiger partial charge < -0.3 is 5.32 Å². The molecule has 0 aliphatic heterocycles. The average molecular weight is 228 g/mol. The zero-order chi connectivity index (χ0) is 11.3. The molecule has 1 rings (SSSR count). The van der Waals surface area contributed by atoms with Crippen LogP contribution >= 0.6 is 12.2 Å². The summed E-state index contributed by atoms with van der Waals surface area (Å²) in [5, 5.41) is 5.69. The number of nitrogens with zero attached hydrogens (tertiary/aromatic N) is 3. The lowest BCUT2D eigenvalue weighted by Gasteiger charge is -2.06. The fourth-order valence-electron chi connectivity index (χ4n) is 0.860. The monoisotopic (exact) mass is 228 g/mol. The number of thiocarbonyl (C=S) groups is 1. The van der Waals surface area contributed by atoms with E-state index in [1.807, 2.05) is 0 Å². The molecule has 0 aliphatic rings. The van der Waals surface area contributed by atoms with E-state index in [4.69, 9.17) is 5.53 Å². The Morgan fingerprint density at radius 3 is 2.47 bits per heavy atom. The minimum absolute atomic E-state index is 0.408. The van der Waals surface area contributed by atoms with Gasteiger partial charge in [-0.2, -0.15) is 0 Å². The van der Waals surface area contributed by atoms with Crippen LogP contribution in [0.15, 0.2) is 29.4 Å². The summed E-state index contributed by atoms with van der Waals surface area (Å²) >= 11 is 4.40. The fraction of sp³-hybridized carbons (Fsp3) is 0.125. The maximum absolute atomic E-state index is 12.0. The van der Waals surface area contributed by atoms with Gasteiger partial charge in [-0.3, -0.25) is 0 Å². The van der Waals surface area contributed by atoms with Crippen molar-refractivity contribution in [1.82, 2.24) is 0 Å². The van der Waals surface area contributed by atoms with Crippen LogP contribution in [-0.2, 0) is 0 Å². The Kier molecular flexibility index (Phi) is 3.96. The number of anilines is 1. The van der Waals surface area contributed by atoms with E-state index in [2.05, 4.69) is 27.6 Å². The molecule has 0 aromatic heterocycles. The second-order valence-electron chi connectivity index (χ2n) is 2.53. The van der Waals surface area contributed by atoms with Crippen LogP contribution in [0.3, 0.4) is 0 Å². The zero-order valence-corrected chi connectivity index (χ0v) is 8.21. The summed E-state index contributed by atoms with van der Waals surface area (Å²) in [7, 11) is 0. The Morgan fingerprint density at radius 2 is 2.00 bits per heavy atom. The van der Waals surface area contributed by atoms with Crippen LogP contribution in [0.4, 0.5) is 20.2 Å². The summed E-state index contributed by atoms with van der Waals surface area (Å²) < 4.78 is 24.1. The highest BCUT2D eigenvalue weighted by Gasteiger charge is 2.09. The number of benzene rings is 1. The number of nitrogens with one attached hydrogen (secondary N) is 1. The van der Waals surface area contributed by atoms with Crippen LogP contribution < -0.4 is 5.32 Å². The molecule has 0 unspecified atom stereocenters. The number of halogens is 2. The van der Waals surface area contributed by atoms with Crippen molar-refractivity contribution in [1.29, 1.82) is 0 Å². The van der Waals surface area contributed by atoms with Crippen LogP contribution in [0.5, 0.6) is 0 Å². The molecule has 4 nitrogen and oxygen atoms in total. The van der Waals surface area contributed by atoms with Crippen molar-refractivity contribution in [2.75, 3.05) is 5.32 Å². The van der Waals surface area contributed by atoms with E-state index in [9.17, 15) is 8.78 Å². The molecule has 0 atom stereocenters. The molecule has 0 amide bonds. The SMILES string of the molecule is [N-]=[N+]=Nc1ccc(NC(=S)C(F)F)cc1. The molecule has 1 N–H and O–H groups in total. The van der Waals surface area contributed by atoms with E-state index in [1.54, 1.807) is 0 Å². The first kappa shape index (κ1) is 11.4. The molecule has 0 radical (unpaired) electrons. The lowest BCUT2D eigenvalue weighted by atomic mass is 10.3. The molecule has 0 saturated heterocycles. The number of azide groups is 1. The largest absolute Gasteiger partial charge is 0.345 e. The minimum Gasteiger partial charge on any atom is -0.345 e. The van der Waals surface area contributed by atoms with E-state index in [0.717, 1.165) is 0 Å². The van der Waals surface area contributed by atoms with Crippen molar-refractivity contribution in [3.05, 3.63) is 34.7 Å². The molecule has 0 saturated carbocycles. The number of alkyl halides is 2. The Balaban J connectivity index is 2.72. The van der Waals surface area contributed by atoms with Gasteiger partial charge in [0.25, 0.3) is 6.43 Å². The standard InChI is InChI=1S/C8H6F2N4S/c9-7(10)8(15)12-5-1-3-6(4-2-5)13-14-11/h1-4,7H,(H,12,15). The summed E-state index contributed by atoms with van der Waals surface area (Å²) in [6.07, 6.45) is -2.68. The van der Waals surface area contributed by atoms with Crippen LogP contribution in [0.1, 0.15) is 0 Å². The summed E-state index contributed by atoms with van der Waals surface area (Å²) in [5.41, 5.74) is 8.97. The van der Waals surface area contributed by atoms with Gasteiger partial charge in [0.15, 0.2) is 0 Å². The topological polar surface area (TPSA) is 60.8 Å². The van der Waals surface area contributed by atoms with Crippen molar-refractivity contribution in [2.45, 2.75) is 6.43 Å². The summed E-state index contributed by atoms with van der Waals surface area (Å²) in [5.74, 6) is 0. The van der Waals surface area contributed by atoms with E-state index < -0.39 is 11.4 Å². The van der Waals surface area contributed by atoms with Crippen LogP contribution in [0, 0.1) is 0 Å². The molecule has 1 aromatic rings. The lowest BCUT2D eigenvalue weighted by Crippen LogP contribution is -2.17. The van der Waals surface area contributed by atoms with Crippen molar-refractivity contribution < 1.29 is 8.78 Å². The van der Waals surface area contributed by atoms with Crippen molar-refractivity contribution in [3.8, 4) is 0 Å². The number of hydrogen-bond acceptors (Lipinski definition) is 2. The predicted molar refractivity (Wildman–Crippen MR) is 57.5 cm³/mol. The lowest BCUT2D eigenvalue weighted by molar-refractivity contribution is 0.228. The number of hydrogen-bond donors (Lipinski definition) is 1. The molecule has 0 fully saturated rings. The first-order valence-corrected chi connectivity index (χ1v) is 4.28. The maximum atomic E-state index is 12.0. The predicted octanol–water partition coefficient (Wildman–Crippen LogP) is 3.63. The molecular formula is C8H6F2N4S. The van der Waals surface area contributed by atoms with E-state index in [1.165, 1.54) is 24.3 Å². The molecule has 0 heterocycles. The Hall–Kier alpha value is -1.72. The van der Waals surface area contributed by atoms with Gasteiger partial charge in [0, 0.05) is 16.3 Å². The first-order valence-electron chi connectivity index (χ1n) is 3.87. The normalized spacial score (nSPS) is 9.53. The minimum atomic E-state index is -2.68. The summed E-state index contributed by atoms with van der Waals surface area (Å²) in [6, 6.07) is 5.99. The van der Waals surface area contributed by atoms with Gasteiger partial charge in [0.2, 0.25) is 0 Å². The average Bonchev–Trinajstić information content (AvgIpc) is 2.21. The van der Waals surface area contributed by atoms with Gasteiger partial charge in [0.1, 0.15) is 4.99 Å². The van der Waals surface area contributed by atoms with Gasteiger partial charge >= 0.3 is 0 Å². The van der Waals surface area contributed by atoms with Crippen LogP contribution in [0.2, 0.25) is 0 Å². The third-order valence-electron chi connectivity index (χ3n) is 1.49. The van der Waals surface area contributed by atoms with Crippen molar-refractivity contribution in [3.63, 3.8) is 0 Å². The van der Waals surface area contributed by atoms with E-state index in [0.29, 0.717) is 11.4 Å².